The third-order valence-corrected chi connectivity index (χ3v) is 6.66. The number of rotatable bonds is 6. The summed E-state index contributed by atoms with van der Waals surface area (Å²) in [6.07, 6.45) is 1.93. The van der Waals surface area contributed by atoms with Gasteiger partial charge in [-0.05, 0) is 80.1 Å². The van der Waals surface area contributed by atoms with Crippen molar-refractivity contribution in [3.8, 4) is 5.75 Å². The van der Waals surface area contributed by atoms with Crippen molar-refractivity contribution in [2.45, 2.75) is 39.8 Å². The molecule has 5 rings (SSSR count). The van der Waals surface area contributed by atoms with Gasteiger partial charge in [0.1, 0.15) is 18.2 Å². The molecule has 3 aromatic carbocycles. The lowest BCUT2D eigenvalue weighted by Crippen LogP contribution is -2.41. The van der Waals surface area contributed by atoms with Crippen LogP contribution in [0.4, 0.5) is 10.5 Å². The van der Waals surface area contributed by atoms with Crippen molar-refractivity contribution in [1.29, 1.82) is 0 Å². The van der Waals surface area contributed by atoms with Crippen molar-refractivity contribution in [3.05, 3.63) is 89.7 Å². The maximum Gasteiger partial charge on any atom is 0.321 e. The Morgan fingerprint density at radius 2 is 1.66 bits per heavy atom. The summed E-state index contributed by atoms with van der Waals surface area (Å²) in [4.78, 5) is 19.6. The van der Waals surface area contributed by atoms with E-state index in [0.717, 1.165) is 71.9 Å². The number of imidazole rings is 1. The molecule has 180 valence electrons. The number of nitrogens with zero attached hydrogens (tertiary/aromatic N) is 3. The molecule has 2 amide bonds. The summed E-state index contributed by atoms with van der Waals surface area (Å²) >= 11 is 0. The molecular weight excluding hydrogens is 436 g/mol. The molecule has 0 radical (unpaired) electrons. The first-order valence-corrected chi connectivity index (χ1v) is 12.3. The smallest absolute Gasteiger partial charge is 0.321 e. The maximum atomic E-state index is 12.8. The SMILES string of the molecule is Cc1cc(C)cc(NC(=O)N2CCC(Cn3c(COc4ccccc4)nc4ccccc43)CC2)c1. The summed E-state index contributed by atoms with van der Waals surface area (Å²) in [6, 6.07) is 24.2. The third kappa shape index (κ3) is 5.48. The van der Waals surface area contributed by atoms with Crippen molar-refractivity contribution in [3.63, 3.8) is 0 Å². The first-order valence-electron chi connectivity index (χ1n) is 12.3. The fourth-order valence-electron chi connectivity index (χ4n) is 4.93. The van der Waals surface area contributed by atoms with Crippen LogP contribution in [0.5, 0.6) is 5.75 Å². The monoisotopic (exact) mass is 468 g/mol. The van der Waals surface area contributed by atoms with Crippen molar-refractivity contribution in [2.75, 3.05) is 18.4 Å². The summed E-state index contributed by atoms with van der Waals surface area (Å²) in [5, 5.41) is 3.07. The molecule has 0 bridgehead atoms. The van der Waals surface area contributed by atoms with Crippen LogP contribution >= 0.6 is 0 Å². The van der Waals surface area contributed by atoms with Crippen LogP contribution in [0.25, 0.3) is 11.0 Å². The molecule has 0 saturated carbocycles. The largest absolute Gasteiger partial charge is 0.486 e. The number of anilines is 1. The summed E-state index contributed by atoms with van der Waals surface area (Å²) in [7, 11) is 0. The molecule has 0 spiro atoms. The average molecular weight is 469 g/mol. The molecule has 1 saturated heterocycles. The second kappa shape index (κ2) is 10.2. The Kier molecular flexibility index (Phi) is 6.70. The molecule has 4 aromatic rings. The number of para-hydroxylation sites is 3. The highest BCUT2D eigenvalue weighted by Crippen LogP contribution is 2.25. The number of urea groups is 1. The normalized spacial score (nSPS) is 14.3. The van der Waals surface area contributed by atoms with Crippen LogP contribution in [-0.2, 0) is 13.2 Å². The van der Waals surface area contributed by atoms with Gasteiger partial charge in [0.05, 0.1) is 11.0 Å². The Balaban J connectivity index is 1.23. The topological polar surface area (TPSA) is 59.4 Å². The number of ether oxygens (including phenoxy) is 1. The van der Waals surface area contributed by atoms with Crippen LogP contribution in [0.3, 0.4) is 0 Å². The Bertz CT molecular complexity index is 1290. The van der Waals surface area contributed by atoms with E-state index in [9.17, 15) is 4.79 Å². The van der Waals surface area contributed by atoms with E-state index in [4.69, 9.17) is 9.72 Å². The second-order valence-corrected chi connectivity index (χ2v) is 9.47. The Labute approximate surface area is 206 Å². The van der Waals surface area contributed by atoms with Crippen molar-refractivity contribution in [2.24, 2.45) is 5.92 Å². The van der Waals surface area contributed by atoms with Crippen molar-refractivity contribution in [1.82, 2.24) is 14.5 Å². The lowest BCUT2D eigenvalue weighted by molar-refractivity contribution is 0.176. The van der Waals surface area contributed by atoms with Crippen LogP contribution in [0.2, 0.25) is 0 Å². The molecule has 0 atom stereocenters. The number of aryl methyl sites for hydroxylation is 2. The Morgan fingerprint density at radius 3 is 2.40 bits per heavy atom. The number of hydrogen-bond donors (Lipinski definition) is 1. The van der Waals surface area contributed by atoms with Gasteiger partial charge in [0.25, 0.3) is 0 Å². The number of carbonyl (C=O) groups is 1. The zero-order chi connectivity index (χ0) is 24.2. The number of likely N-dealkylation sites (tertiary alicyclic amines) is 1. The van der Waals surface area contributed by atoms with Gasteiger partial charge in [-0.1, -0.05) is 36.4 Å². The summed E-state index contributed by atoms with van der Waals surface area (Å²) in [5.41, 5.74) is 5.29. The fraction of sp³-hybridized carbons (Fsp3) is 0.310. The lowest BCUT2D eigenvalue weighted by Gasteiger charge is -2.32. The molecule has 0 unspecified atom stereocenters. The quantitative estimate of drug-likeness (QED) is 0.368. The predicted octanol–water partition coefficient (Wildman–Crippen LogP) is 6.18. The molecule has 1 aromatic heterocycles. The van der Waals surface area contributed by atoms with Gasteiger partial charge in [-0.25, -0.2) is 9.78 Å². The highest BCUT2D eigenvalue weighted by atomic mass is 16.5. The molecule has 1 fully saturated rings. The number of benzene rings is 3. The molecule has 2 heterocycles. The van der Waals surface area contributed by atoms with E-state index in [1.54, 1.807) is 0 Å². The zero-order valence-electron chi connectivity index (χ0n) is 20.4. The van der Waals surface area contributed by atoms with Gasteiger partial charge < -0.3 is 19.5 Å². The minimum atomic E-state index is -0.0153. The van der Waals surface area contributed by atoms with E-state index in [-0.39, 0.29) is 6.03 Å². The molecule has 1 N–H and O–H groups in total. The minimum Gasteiger partial charge on any atom is -0.486 e. The zero-order valence-corrected chi connectivity index (χ0v) is 20.4. The van der Waals surface area contributed by atoms with Crippen LogP contribution in [0.15, 0.2) is 72.8 Å². The van der Waals surface area contributed by atoms with E-state index in [1.807, 2.05) is 67.3 Å². The number of fused-ring (bicyclic) bond motifs is 1. The van der Waals surface area contributed by atoms with E-state index in [2.05, 4.69) is 34.1 Å². The van der Waals surface area contributed by atoms with E-state index < -0.39 is 0 Å². The molecule has 35 heavy (non-hydrogen) atoms. The van der Waals surface area contributed by atoms with Gasteiger partial charge in [0, 0.05) is 25.3 Å². The number of carbonyl (C=O) groups excluding carboxylic acids is 1. The summed E-state index contributed by atoms with van der Waals surface area (Å²) < 4.78 is 8.33. The van der Waals surface area contributed by atoms with Gasteiger partial charge >= 0.3 is 6.03 Å². The molecule has 1 aliphatic heterocycles. The standard InChI is InChI=1S/C29H32N4O2/c1-21-16-22(2)18-24(17-21)30-29(34)32-14-12-23(13-15-32)19-33-27-11-7-6-10-26(27)31-28(33)20-35-25-8-4-3-5-9-25/h3-11,16-18,23H,12-15,19-20H2,1-2H3,(H,30,34). The van der Waals surface area contributed by atoms with Gasteiger partial charge in [0.2, 0.25) is 0 Å². The fourth-order valence-corrected chi connectivity index (χ4v) is 4.93. The van der Waals surface area contributed by atoms with Crippen molar-refractivity contribution < 1.29 is 9.53 Å². The molecule has 1 aliphatic rings. The van der Waals surface area contributed by atoms with Gasteiger partial charge in [-0.2, -0.15) is 0 Å². The van der Waals surface area contributed by atoms with Crippen LogP contribution in [0.1, 0.15) is 29.8 Å². The molecule has 6 heteroatoms. The lowest BCUT2D eigenvalue weighted by atomic mass is 9.96. The number of amides is 2. The summed E-state index contributed by atoms with van der Waals surface area (Å²) in [6.45, 7) is 6.91. The minimum absolute atomic E-state index is 0.0153. The molecule has 6 nitrogen and oxygen atoms in total. The van der Waals surface area contributed by atoms with E-state index in [0.29, 0.717) is 12.5 Å². The van der Waals surface area contributed by atoms with Gasteiger partial charge in [-0.3, -0.25) is 0 Å². The van der Waals surface area contributed by atoms with Crippen LogP contribution in [0, 0.1) is 19.8 Å². The van der Waals surface area contributed by atoms with Crippen LogP contribution < -0.4 is 10.1 Å². The maximum absolute atomic E-state index is 12.8. The van der Waals surface area contributed by atoms with E-state index >= 15 is 0 Å². The van der Waals surface area contributed by atoms with Crippen molar-refractivity contribution >= 4 is 22.8 Å². The Morgan fingerprint density at radius 1 is 0.971 bits per heavy atom. The molecular formula is C29H32N4O2. The first kappa shape index (κ1) is 23.0. The average Bonchev–Trinajstić information content (AvgIpc) is 3.20. The van der Waals surface area contributed by atoms with E-state index in [1.165, 1.54) is 0 Å². The van der Waals surface area contributed by atoms with Crippen LogP contribution in [-0.4, -0.2) is 33.6 Å². The Hall–Kier alpha value is -3.80. The second-order valence-electron chi connectivity index (χ2n) is 9.47. The highest BCUT2D eigenvalue weighted by molar-refractivity contribution is 5.89. The number of piperidine rings is 1. The first-order chi connectivity index (χ1) is 17.0. The number of hydrogen-bond acceptors (Lipinski definition) is 3. The highest BCUT2D eigenvalue weighted by Gasteiger charge is 2.24. The third-order valence-electron chi connectivity index (χ3n) is 6.66. The predicted molar refractivity (Wildman–Crippen MR) is 140 cm³/mol. The molecule has 0 aliphatic carbocycles. The summed E-state index contributed by atoms with van der Waals surface area (Å²) in [5.74, 6) is 2.26. The number of aromatic nitrogens is 2. The van der Waals surface area contributed by atoms with Gasteiger partial charge in [0.15, 0.2) is 0 Å². The van der Waals surface area contributed by atoms with Gasteiger partial charge in [-0.15, -0.1) is 0 Å². The number of nitrogens with one attached hydrogen (secondary N) is 1.